The van der Waals surface area contributed by atoms with Crippen LogP contribution in [0.2, 0.25) is 0 Å². The fourth-order valence-corrected chi connectivity index (χ4v) is 3.38. The second-order valence-electron chi connectivity index (χ2n) is 4.80. The molecule has 0 atom stereocenters. The van der Waals surface area contributed by atoms with Crippen LogP contribution in [0, 0.1) is 0 Å². The van der Waals surface area contributed by atoms with Gasteiger partial charge in [0.2, 0.25) is 5.91 Å². The summed E-state index contributed by atoms with van der Waals surface area (Å²) in [5, 5.41) is 1.02. The largest absolute Gasteiger partial charge is 0.348 e. The second kappa shape index (κ2) is 5.20. The Morgan fingerprint density at radius 2 is 2.20 bits per heavy atom. The molecule has 2 aromatic heterocycles. The number of pyridine rings is 1. The van der Waals surface area contributed by atoms with Gasteiger partial charge in [-0.05, 0) is 18.9 Å². The minimum atomic E-state index is -0.157. The van der Waals surface area contributed by atoms with Crippen molar-refractivity contribution >= 4 is 38.3 Å². The molecule has 0 bridgehead atoms. The molecule has 2 aromatic rings. The predicted octanol–water partition coefficient (Wildman–Crippen LogP) is 2.44. The van der Waals surface area contributed by atoms with Gasteiger partial charge in [-0.2, -0.15) is 0 Å². The molecule has 1 fully saturated rings. The first-order chi connectivity index (χ1) is 9.70. The Labute approximate surface area is 121 Å². The van der Waals surface area contributed by atoms with Crippen LogP contribution in [-0.2, 0) is 4.79 Å². The molecule has 20 heavy (non-hydrogen) atoms. The SMILES string of the molecule is C=CC(=O)N(C)c1cncc2sc(N3CCCC3)nc12. The Morgan fingerprint density at radius 1 is 1.45 bits per heavy atom. The molecule has 0 spiro atoms. The van der Waals surface area contributed by atoms with Gasteiger partial charge in [0, 0.05) is 26.3 Å². The van der Waals surface area contributed by atoms with E-state index < -0.39 is 0 Å². The van der Waals surface area contributed by atoms with Gasteiger partial charge in [-0.15, -0.1) is 0 Å². The maximum atomic E-state index is 11.8. The van der Waals surface area contributed by atoms with E-state index in [4.69, 9.17) is 4.98 Å². The maximum absolute atomic E-state index is 11.8. The number of aromatic nitrogens is 2. The first-order valence-electron chi connectivity index (χ1n) is 6.60. The number of anilines is 2. The van der Waals surface area contributed by atoms with Crippen molar-refractivity contribution in [2.24, 2.45) is 0 Å². The van der Waals surface area contributed by atoms with Crippen molar-refractivity contribution in [3.05, 3.63) is 25.0 Å². The van der Waals surface area contributed by atoms with E-state index in [0.29, 0.717) is 0 Å². The predicted molar refractivity (Wildman–Crippen MR) is 82.5 cm³/mol. The number of fused-ring (bicyclic) bond motifs is 1. The molecule has 0 unspecified atom stereocenters. The monoisotopic (exact) mass is 288 g/mol. The third-order valence-electron chi connectivity index (χ3n) is 3.52. The van der Waals surface area contributed by atoms with Gasteiger partial charge in [0.1, 0.15) is 5.52 Å². The van der Waals surface area contributed by atoms with Gasteiger partial charge in [0.25, 0.3) is 0 Å². The number of carbonyl (C=O) groups is 1. The van der Waals surface area contributed by atoms with Gasteiger partial charge in [-0.3, -0.25) is 9.78 Å². The third kappa shape index (κ3) is 2.16. The van der Waals surface area contributed by atoms with Crippen LogP contribution in [0.3, 0.4) is 0 Å². The van der Waals surface area contributed by atoms with Crippen LogP contribution in [0.4, 0.5) is 10.8 Å². The lowest BCUT2D eigenvalue weighted by Crippen LogP contribution is -2.24. The van der Waals surface area contributed by atoms with Crippen molar-refractivity contribution in [1.82, 2.24) is 9.97 Å². The summed E-state index contributed by atoms with van der Waals surface area (Å²) in [6.45, 7) is 5.64. The van der Waals surface area contributed by atoms with E-state index >= 15 is 0 Å². The van der Waals surface area contributed by atoms with E-state index in [1.165, 1.54) is 23.8 Å². The summed E-state index contributed by atoms with van der Waals surface area (Å²) in [6.07, 6.45) is 7.22. The van der Waals surface area contributed by atoms with Crippen molar-refractivity contribution < 1.29 is 4.79 Å². The Hall–Kier alpha value is -1.95. The van der Waals surface area contributed by atoms with Gasteiger partial charge < -0.3 is 9.80 Å². The number of hydrogen-bond acceptors (Lipinski definition) is 5. The van der Waals surface area contributed by atoms with Crippen molar-refractivity contribution in [2.75, 3.05) is 29.9 Å². The molecule has 0 aliphatic carbocycles. The Kier molecular flexibility index (Phi) is 3.40. The number of rotatable bonds is 3. The van der Waals surface area contributed by atoms with Gasteiger partial charge in [-0.25, -0.2) is 4.98 Å². The third-order valence-corrected chi connectivity index (χ3v) is 4.57. The van der Waals surface area contributed by atoms with Gasteiger partial charge >= 0.3 is 0 Å². The van der Waals surface area contributed by atoms with Gasteiger partial charge in [0.05, 0.1) is 16.6 Å². The number of amides is 1. The average Bonchev–Trinajstić information content (AvgIpc) is 3.13. The second-order valence-corrected chi connectivity index (χ2v) is 5.81. The lowest BCUT2D eigenvalue weighted by Gasteiger charge is -2.15. The van der Waals surface area contributed by atoms with E-state index in [2.05, 4.69) is 16.5 Å². The molecule has 3 rings (SSSR count). The highest BCUT2D eigenvalue weighted by molar-refractivity contribution is 7.22. The molecule has 1 amide bonds. The van der Waals surface area contributed by atoms with Crippen LogP contribution in [-0.4, -0.2) is 36.0 Å². The Bertz CT molecular complexity index is 660. The summed E-state index contributed by atoms with van der Waals surface area (Å²) < 4.78 is 1.01. The number of hydrogen-bond donors (Lipinski definition) is 0. The van der Waals surface area contributed by atoms with E-state index in [1.54, 1.807) is 24.6 Å². The fraction of sp³-hybridized carbons (Fsp3) is 0.357. The first-order valence-corrected chi connectivity index (χ1v) is 7.42. The maximum Gasteiger partial charge on any atom is 0.250 e. The summed E-state index contributed by atoms with van der Waals surface area (Å²) >= 11 is 1.63. The number of thiazole rings is 1. The molecule has 0 N–H and O–H groups in total. The zero-order valence-corrected chi connectivity index (χ0v) is 12.2. The van der Waals surface area contributed by atoms with Crippen LogP contribution in [0.25, 0.3) is 10.2 Å². The van der Waals surface area contributed by atoms with Crippen molar-refractivity contribution in [3.8, 4) is 0 Å². The van der Waals surface area contributed by atoms with Crippen LogP contribution in [0.15, 0.2) is 25.0 Å². The number of carbonyl (C=O) groups excluding carboxylic acids is 1. The van der Waals surface area contributed by atoms with Crippen molar-refractivity contribution in [2.45, 2.75) is 12.8 Å². The molecule has 0 saturated carbocycles. The normalized spacial score (nSPS) is 14.8. The lowest BCUT2D eigenvalue weighted by atomic mass is 10.3. The lowest BCUT2D eigenvalue weighted by molar-refractivity contribution is -0.113. The standard InChI is InChI=1S/C14H16N4OS/c1-3-12(19)17(2)10-8-15-9-11-13(10)16-14(20-11)18-6-4-5-7-18/h3,8-9H,1,4-7H2,2H3. The van der Waals surface area contributed by atoms with Gasteiger partial charge in [-0.1, -0.05) is 17.9 Å². The molecule has 1 aliphatic heterocycles. The van der Waals surface area contributed by atoms with E-state index in [1.807, 2.05) is 6.20 Å². The van der Waals surface area contributed by atoms with Crippen molar-refractivity contribution in [1.29, 1.82) is 0 Å². The van der Waals surface area contributed by atoms with Crippen LogP contribution >= 0.6 is 11.3 Å². The molecule has 6 heteroatoms. The molecular weight excluding hydrogens is 272 g/mol. The highest BCUT2D eigenvalue weighted by atomic mass is 32.1. The van der Waals surface area contributed by atoms with E-state index in [-0.39, 0.29) is 5.91 Å². The molecule has 5 nitrogen and oxygen atoms in total. The molecule has 1 aliphatic rings. The first kappa shape index (κ1) is 13.1. The fourth-order valence-electron chi connectivity index (χ4n) is 2.37. The topological polar surface area (TPSA) is 49.3 Å². The van der Waals surface area contributed by atoms with Crippen LogP contribution < -0.4 is 9.80 Å². The minimum absolute atomic E-state index is 0.157. The van der Waals surface area contributed by atoms with Gasteiger partial charge in [0.15, 0.2) is 5.13 Å². The molecule has 104 valence electrons. The summed E-state index contributed by atoms with van der Waals surface area (Å²) in [4.78, 5) is 24.5. The summed E-state index contributed by atoms with van der Waals surface area (Å²) in [6, 6.07) is 0. The smallest absolute Gasteiger partial charge is 0.250 e. The summed E-state index contributed by atoms with van der Waals surface area (Å²) in [7, 11) is 1.72. The quantitative estimate of drug-likeness (QED) is 0.814. The van der Waals surface area contributed by atoms with Crippen LogP contribution in [0.5, 0.6) is 0 Å². The van der Waals surface area contributed by atoms with Crippen LogP contribution in [0.1, 0.15) is 12.8 Å². The molecule has 0 aromatic carbocycles. The zero-order valence-electron chi connectivity index (χ0n) is 11.4. The highest BCUT2D eigenvalue weighted by Crippen LogP contribution is 2.34. The highest BCUT2D eigenvalue weighted by Gasteiger charge is 2.19. The Morgan fingerprint density at radius 3 is 2.90 bits per heavy atom. The molecular formula is C14H16N4OS. The number of likely N-dealkylation sites (N-methyl/N-ethyl adjacent to an activating group) is 1. The van der Waals surface area contributed by atoms with E-state index in [0.717, 1.165) is 34.1 Å². The summed E-state index contributed by atoms with van der Waals surface area (Å²) in [5.41, 5.74) is 1.57. The molecule has 0 radical (unpaired) electrons. The van der Waals surface area contributed by atoms with E-state index in [9.17, 15) is 4.79 Å². The Balaban J connectivity index is 2.04. The number of nitrogens with zero attached hydrogens (tertiary/aromatic N) is 4. The molecule has 3 heterocycles. The minimum Gasteiger partial charge on any atom is -0.348 e. The zero-order chi connectivity index (χ0) is 14.1. The summed E-state index contributed by atoms with van der Waals surface area (Å²) in [5.74, 6) is -0.157. The van der Waals surface area contributed by atoms with Crippen molar-refractivity contribution in [3.63, 3.8) is 0 Å². The molecule has 1 saturated heterocycles. The average molecular weight is 288 g/mol.